The molecule has 0 saturated carbocycles. The highest BCUT2D eigenvalue weighted by molar-refractivity contribution is 7.94. The number of halogens is 1. The molecule has 1 aromatic carbocycles. The number of sulfonamides is 1. The Bertz CT molecular complexity index is 666. The van der Waals surface area contributed by atoms with E-state index in [1.165, 1.54) is 6.20 Å². The van der Waals surface area contributed by atoms with E-state index in [4.69, 9.17) is 11.6 Å². The molecule has 0 aliphatic carbocycles. The smallest absolute Gasteiger partial charge is 0.273 e. The van der Waals surface area contributed by atoms with Crippen LogP contribution in [0, 0.1) is 0 Å². The number of hydrogen-bond acceptors (Lipinski definition) is 5. The normalized spacial score (nSPS) is 11.3. The molecule has 102 valence electrons. The van der Waals surface area contributed by atoms with Gasteiger partial charge in [-0.25, -0.2) is 13.4 Å². The van der Waals surface area contributed by atoms with Gasteiger partial charge in [-0.2, -0.15) is 0 Å². The molecule has 0 unspecified atom stereocenters. The number of thiazole rings is 1. The monoisotopic (exact) mass is 317 g/mol. The van der Waals surface area contributed by atoms with Gasteiger partial charge in [-0.1, -0.05) is 22.9 Å². The summed E-state index contributed by atoms with van der Waals surface area (Å²) in [6.45, 7) is 0. The lowest BCUT2D eigenvalue weighted by atomic mass is 10.3. The van der Waals surface area contributed by atoms with Gasteiger partial charge in [0.2, 0.25) is 0 Å². The number of rotatable bonds is 4. The van der Waals surface area contributed by atoms with Gasteiger partial charge in [0.15, 0.2) is 8.68 Å². The van der Waals surface area contributed by atoms with Crippen molar-refractivity contribution in [2.24, 2.45) is 0 Å². The van der Waals surface area contributed by atoms with Crippen LogP contribution in [0.15, 0.2) is 34.7 Å². The second-order valence-corrected chi connectivity index (χ2v) is 7.50. The quantitative estimate of drug-likeness (QED) is 0.941. The zero-order chi connectivity index (χ0) is 14.0. The van der Waals surface area contributed by atoms with Gasteiger partial charge in [-0.15, -0.1) is 0 Å². The van der Waals surface area contributed by atoms with Crippen LogP contribution in [0.4, 0.5) is 11.4 Å². The highest BCUT2D eigenvalue weighted by Crippen LogP contribution is 2.25. The number of hydrogen-bond donors (Lipinski definition) is 1. The first-order chi connectivity index (χ1) is 8.88. The average molecular weight is 318 g/mol. The lowest BCUT2D eigenvalue weighted by molar-refractivity contribution is 0.603. The minimum absolute atomic E-state index is 0.0918. The summed E-state index contributed by atoms with van der Waals surface area (Å²) in [4.78, 5) is 5.65. The molecule has 0 radical (unpaired) electrons. The molecule has 5 nitrogen and oxygen atoms in total. The van der Waals surface area contributed by atoms with Crippen molar-refractivity contribution in [3.05, 3.63) is 34.9 Å². The summed E-state index contributed by atoms with van der Waals surface area (Å²) in [5.41, 5.74) is 1.49. The van der Waals surface area contributed by atoms with Gasteiger partial charge >= 0.3 is 0 Å². The molecule has 0 bridgehead atoms. The number of benzene rings is 1. The summed E-state index contributed by atoms with van der Waals surface area (Å²) in [6.07, 6.45) is 1.24. The Hall–Kier alpha value is -1.31. The maximum absolute atomic E-state index is 12.0. The van der Waals surface area contributed by atoms with Crippen LogP contribution in [0.2, 0.25) is 4.47 Å². The third-order valence-corrected chi connectivity index (χ3v) is 5.31. The summed E-state index contributed by atoms with van der Waals surface area (Å²) < 4.78 is 26.8. The van der Waals surface area contributed by atoms with Gasteiger partial charge in [-0.3, -0.25) is 4.72 Å². The molecule has 1 heterocycles. The fourth-order valence-electron chi connectivity index (χ4n) is 1.40. The van der Waals surface area contributed by atoms with Crippen molar-refractivity contribution < 1.29 is 8.42 Å². The minimum atomic E-state index is -3.62. The second-order valence-electron chi connectivity index (χ2n) is 3.98. The predicted octanol–water partition coefficient (Wildman–Crippen LogP) is 2.66. The maximum Gasteiger partial charge on any atom is 0.273 e. The Kier molecular flexibility index (Phi) is 3.98. The third-order valence-electron chi connectivity index (χ3n) is 2.36. The molecule has 0 aliphatic rings. The largest absolute Gasteiger partial charge is 0.378 e. The summed E-state index contributed by atoms with van der Waals surface area (Å²) >= 11 is 6.55. The van der Waals surface area contributed by atoms with Crippen molar-refractivity contribution in [2.75, 3.05) is 23.7 Å². The molecule has 0 saturated heterocycles. The molecule has 19 heavy (non-hydrogen) atoms. The van der Waals surface area contributed by atoms with Crippen molar-refractivity contribution in [3.8, 4) is 0 Å². The average Bonchev–Trinajstić information content (AvgIpc) is 2.77. The first kappa shape index (κ1) is 14.1. The lowest BCUT2D eigenvalue weighted by Crippen LogP contribution is -2.12. The molecule has 1 aromatic heterocycles. The minimum Gasteiger partial charge on any atom is -0.378 e. The van der Waals surface area contributed by atoms with Crippen LogP contribution in [0.3, 0.4) is 0 Å². The molecule has 0 aliphatic heterocycles. The third kappa shape index (κ3) is 3.37. The standard InChI is InChI=1S/C11H12ClN3O2S2/c1-15(2)9-5-3-8(4-6-9)14-19(16,17)10-7-13-11(12)18-10/h3-7,14H,1-2H3. The number of nitrogens with one attached hydrogen (secondary N) is 1. The fourth-order valence-corrected chi connectivity index (χ4v) is 3.75. The molecule has 2 aromatic rings. The van der Waals surface area contributed by atoms with Crippen LogP contribution in [-0.4, -0.2) is 27.5 Å². The highest BCUT2D eigenvalue weighted by Gasteiger charge is 2.17. The summed E-state index contributed by atoms with van der Waals surface area (Å²) in [7, 11) is 0.213. The van der Waals surface area contributed by atoms with E-state index in [-0.39, 0.29) is 8.68 Å². The van der Waals surface area contributed by atoms with Crippen molar-refractivity contribution in [1.29, 1.82) is 0 Å². The van der Waals surface area contributed by atoms with Gasteiger partial charge in [0.1, 0.15) is 0 Å². The van der Waals surface area contributed by atoms with E-state index in [1.54, 1.807) is 12.1 Å². The number of aromatic nitrogens is 1. The Balaban J connectivity index is 2.21. The Morgan fingerprint density at radius 2 is 1.89 bits per heavy atom. The first-order valence-electron chi connectivity index (χ1n) is 5.30. The van der Waals surface area contributed by atoms with Crippen LogP contribution >= 0.6 is 22.9 Å². The summed E-state index contributed by atoms with van der Waals surface area (Å²) in [5.74, 6) is 0. The van der Waals surface area contributed by atoms with Crippen molar-refractivity contribution in [2.45, 2.75) is 4.21 Å². The van der Waals surface area contributed by atoms with E-state index in [1.807, 2.05) is 31.1 Å². The molecular formula is C11H12ClN3O2S2. The zero-order valence-electron chi connectivity index (χ0n) is 10.3. The van der Waals surface area contributed by atoms with Crippen LogP contribution < -0.4 is 9.62 Å². The van der Waals surface area contributed by atoms with Crippen molar-refractivity contribution in [3.63, 3.8) is 0 Å². The van der Waals surface area contributed by atoms with E-state index in [2.05, 4.69) is 9.71 Å². The number of nitrogens with zero attached hydrogens (tertiary/aromatic N) is 2. The van der Waals surface area contributed by atoms with E-state index < -0.39 is 10.0 Å². The van der Waals surface area contributed by atoms with Gasteiger partial charge in [0.25, 0.3) is 10.0 Å². The van der Waals surface area contributed by atoms with Gasteiger partial charge in [-0.05, 0) is 24.3 Å². The van der Waals surface area contributed by atoms with Crippen LogP contribution in [-0.2, 0) is 10.0 Å². The van der Waals surface area contributed by atoms with E-state index in [9.17, 15) is 8.42 Å². The van der Waals surface area contributed by atoms with Gasteiger partial charge < -0.3 is 4.90 Å². The molecule has 0 amide bonds. The van der Waals surface area contributed by atoms with E-state index >= 15 is 0 Å². The Morgan fingerprint density at radius 1 is 1.26 bits per heavy atom. The maximum atomic E-state index is 12.0. The van der Waals surface area contributed by atoms with E-state index in [0.29, 0.717) is 5.69 Å². The summed E-state index contributed by atoms with van der Waals surface area (Å²) in [5, 5.41) is 0. The Morgan fingerprint density at radius 3 is 2.37 bits per heavy atom. The second kappa shape index (κ2) is 5.36. The van der Waals surface area contributed by atoms with Crippen molar-refractivity contribution >= 4 is 44.3 Å². The molecule has 1 N–H and O–H groups in total. The first-order valence-corrected chi connectivity index (χ1v) is 7.98. The van der Waals surface area contributed by atoms with Gasteiger partial charge in [0.05, 0.1) is 6.20 Å². The van der Waals surface area contributed by atoms with Gasteiger partial charge in [0, 0.05) is 25.5 Å². The SMILES string of the molecule is CN(C)c1ccc(NS(=O)(=O)c2cnc(Cl)s2)cc1. The molecule has 0 fully saturated rings. The number of anilines is 2. The predicted molar refractivity (Wildman–Crippen MR) is 78.7 cm³/mol. The zero-order valence-corrected chi connectivity index (χ0v) is 12.7. The molecule has 2 rings (SSSR count). The van der Waals surface area contributed by atoms with Crippen molar-refractivity contribution in [1.82, 2.24) is 4.98 Å². The molecule has 0 spiro atoms. The highest BCUT2D eigenvalue weighted by atomic mass is 35.5. The van der Waals surface area contributed by atoms with Crippen LogP contribution in [0.5, 0.6) is 0 Å². The fraction of sp³-hybridized carbons (Fsp3) is 0.182. The molecule has 0 atom stereocenters. The Labute approximate surface area is 120 Å². The molecular weight excluding hydrogens is 306 g/mol. The topological polar surface area (TPSA) is 62.3 Å². The molecule has 8 heteroatoms. The van der Waals surface area contributed by atoms with Crippen LogP contribution in [0.25, 0.3) is 0 Å². The lowest BCUT2D eigenvalue weighted by Gasteiger charge is -2.13. The summed E-state index contributed by atoms with van der Waals surface area (Å²) in [6, 6.07) is 7.07. The van der Waals surface area contributed by atoms with Crippen LogP contribution in [0.1, 0.15) is 0 Å². The van der Waals surface area contributed by atoms with E-state index in [0.717, 1.165) is 17.0 Å².